The monoisotopic (exact) mass is 448 g/mol. The Balaban J connectivity index is 1.49. The van der Waals surface area contributed by atoms with Gasteiger partial charge in [-0.05, 0) is 35.4 Å². The highest BCUT2D eigenvalue weighted by atomic mass is 35.5. The number of hydrogen-bond acceptors (Lipinski definition) is 6. The number of halogens is 1. The molecule has 32 heavy (non-hydrogen) atoms. The van der Waals surface area contributed by atoms with E-state index in [9.17, 15) is 4.79 Å². The summed E-state index contributed by atoms with van der Waals surface area (Å²) in [5.74, 6) is 0.546. The molecule has 164 valence electrons. The van der Waals surface area contributed by atoms with Crippen LogP contribution < -0.4 is 10.6 Å². The summed E-state index contributed by atoms with van der Waals surface area (Å²) in [6.45, 7) is 5.35. The quantitative estimate of drug-likeness (QED) is 0.549. The zero-order valence-electron chi connectivity index (χ0n) is 17.7. The summed E-state index contributed by atoms with van der Waals surface area (Å²) in [6.07, 6.45) is 1.73. The van der Waals surface area contributed by atoms with Crippen LogP contribution in [0.4, 0.5) is 11.6 Å². The highest BCUT2D eigenvalue weighted by Crippen LogP contribution is 2.27. The second-order valence-corrected chi connectivity index (χ2v) is 8.64. The number of carbonyl (C=O) groups excluding carboxylic acids is 1. The van der Waals surface area contributed by atoms with Gasteiger partial charge in [0.25, 0.3) is 0 Å². The van der Waals surface area contributed by atoms with Crippen molar-refractivity contribution < 1.29 is 4.79 Å². The maximum absolute atomic E-state index is 12.5. The number of hydrogen-bond donors (Lipinski definition) is 2. The van der Waals surface area contributed by atoms with Crippen LogP contribution in [0.25, 0.3) is 11.3 Å². The Morgan fingerprint density at radius 3 is 2.56 bits per heavy atom. The van der Waals surface area contributed by atoms with Crippen LogP contribution >= 0.6 is 11.6 Å². The van der Waals surface area contributed by atoms with Crippen molar-refractivity contribution in [2.24, 2.45) is 0 Å². The fraction of sp³-hybridized carbons (Fsp3) is 0.292. The van der Waals surface area contributed by atoms with Gasteiger partial charge in [-0.25, -0.2) is 9.97 Å². The number of amides is 1. The maximum atomic E-state index is 12.5. The van der Waals surface area contributed by atoms with Crippen molar-refractivity contribution in [3.63, 3.8) is 0 Å². The molecule has 4 heterocycles. The summed E-state index contributed by atoms with van der Waals surface area (Å²) in [7, 11) is 0. The summed E-state index contributed by atoms with van der Waals surface area (Å²) in [4.78, 5) is 26.2. The lowest BCUT2D eigenvalue weighted by atomic mass is 10.1. The third-order valence-electron chi connectivity index (χ3n) is 5.88. The van der Waals surface area contributed by atoms with E-state index in [1.165, 1.54) is 5.56 Å². The van der Waals surface area contributed by atoms with Crippen molar-refractivity contribution in [3.05, 3.63) is 70.9 Å². The van der Waals surface area contributed by atoms with Gasteiger partial charge in [0.2, 0.25) is 11.9 Å². The minimum atomic E-state index is 0.0534. The van der Waals surface area contributed by atoms with E-state index in [4.69, 9.17) is 11.6 Å². The van der Waals surface area contributed by atoms with E-state index < -0.39 is 0 Å². The zero-order chi connectivity index (χ0) is 21.9. The minimum Gasteiger partial charge on any atom is -0.351 e. The Hall–Kier alpha value is -3.00. The van der Waals surface area contributed by atoms with Gasteiger partial charge in [-0.3, -0.25) is 14.6 Å². The summed E-state index contributed by atoms with van der Waals surface area (Å²) >= 11 is 6.47. The van der Waals surface area contributed by atoms with Crippen molar-refractivity contribution in [2.75, 3.05) is 38.0 Å². The molecule has 7 nitrogen and oxygen atoms in total. The van der Waals surface area contributed by atoms with Crippen LogP contribution in [0.3, 0.4) is 0 Å². The third kappa shape index (κ3) is 4.91. The molecule has 3 aliphatic heterocycles. The highest BCUT2D eigenvalue weighted by Gasteiger charge is 2.19. The number of nitrogens with one attached hydrogen (secondary N) is 2. The van der Waals surface area contributed by atoms with E-state index in [1.807, 2.05) is 36.4 Å². The Kier molecular flexibility index (Phi) is 6.03. The predicted molar refractivity (Wildman–Crippen MR) is 126 cm³/mol. The van der Waals surface area contributed by atoms with Gasteiger partial charge in [-0.2, -0.15) is 0 Å². The van der Waals surface area contributed by atoms with Gasteiger partial charge in [-0.1, -0.05) is 35.9 Å². The first-order valence-corrected chi connectivity index (χ1v) is 11.2. The van der Waals surface area contributed by atoms with Crippen LogP contribution in [-0.2, 0) is 17.9 Å². The number of rotatable bonds is 0. The summed E-state index contributed by atoms with van der Waals surface area (Å²) < 4.78 is 0. The number of fused-ring (bicyclic) bond motifs is 5. The molecule has 0 aliphatic carbocycles. The molecular weight excluding hydrogens is 424 g/mol. The largest absolute Gasteiger partial charge is 0.351 e. The summed E-state index contributed by atoms with van der Waals surface area (Å²) in [5, 5.41) is 6.97. The molecule has 3 aliphatic rings. The molecule has 0 unspecified atom stereocenters. The molecule has 2 aromatic carbocycles. The molecule has 1 fully saturated rings. The minimum absolute atomic E-state index is 0.0534. The Morgan fingerprint density at radius 2 is 1.72 bits per heavy atom. The lowest BCUT2D eigenvalue weighted by Crippen LogP contribution is -2.49. The average Bonchev–Trinajstić information content (AvgIpc) is 2.81. The Morgan fingerprint density at radius 1 is 0.906 bits per heavy atom. The molecular formula is C24H25ClN6O. The van der Waals surface area contributed by atoms with Crippen LogP contribution in [0.15, 0.2) is 54.7 Å². The van der Waals surface area contributed by atoms with Crippen molar-refractivity contribution in [2.45, 2.75) is 13.1 Å². The van der Waals surface area contributed by atoms with Crippen LogP contribution in [0, 0.1) is 0 Å². The SMILES string of the molecule is O=C1CN2CCN(CC2)Cc2ccc(Cl)c(c2)Nc2nccc(n2)-c2cccc(c2)CN1. The first kappa shape index (κ1) is 20.9. The van der Waals surface area contributed by atoms with E-state index in [-0.39, 0.29) is 5.91 Å². The molecule has 0 radical (unpaired) electrons. The second-order valence-electron chi connectivity index (χ2n) is 8.23. The molecule has 8 heteroatoms. The van der Waals surface area contributed by atoms with Crippen molar-refractivity contribution >= 4 is 29.1 Å². The van der Waals surface area contributed by atoms with Crippen LogP contribution in [0.1, 0.15) is 11.1 Å². The summed E-state index contributed by atoms with van der Waals surface area (Å²) in [6, 6.07) is 16.0. The zero-order valence-corrected chi connectivity index (χ0v) is 18.5. The van der Waals surface area contributed by atoms with Gasteiger partial charge in [0.15, 0.2) is 0 Å². The van der Waals surface area contributed by atoms with Crippen LogP contribution in [-0.4, -0.2) is 58.4 Å². The maximum Gasteiger partial charge on any atom is 0.234 e. The number of benzene rings is 2. The van der Waals surface area contributed by atoms with Crippen LogP contribution in [0.2, 0.25) is 5.02 Å². The van der Waals surface area contributed by atoms with Crippen molar-refractivity contribution in [1.29, 1.82) is 0 Å². The van der Waals surface area contributed by atoms with Crippen LogP contribution in [0.5, 0.6) is 0 Å². The molecule has 1 saturated heterocycles. The lowest BCUT2D eigenvalue weighted by Gasteiger charge is -2.34. The molecule has 2 N–H and O–H groups in total. The van der Waals surface area contributed by atoms with Gasteiger partial charge in [-0.15, -0.1) is 0 Å². The van der Waals surface area contributed by atoms with Gasteiger partial charge < -0.3 is 10.6 Å². The summed E-state index contributed by atoms with van der Waals surface area (Å²) in [5.41, 5.74) is 4.76. The van der Waals surface area contributed by atoms with E-state index in [2.05, 4.69) is 42.5 Å². The molecule has 6 rings (SSSR count). The predicted octanol–water partition coefficient (Wildman–Crippen LogP) is 3.29. The molecule has 1 amide bonds. The average molecular weight is 449 g/mol. The van der Waals surface area contributed by atoms with E-state index in [0.29, 0.717) is 24.1 Å². The first-order valence-electron chi connectivity index (χ1n) is 10.8. The fourth-order valence-corrected chi connectivity index (χ4v) is 4.30. The van der Waals surface area contributed by atoms with E-state index in [0.717, 1.165) is 55.2 Å². The molecule has 0 saturated carbocycles. The number of nitrogens with zero attached hydrogens (tertiary/aromatic N) is 4. The Bertz CT molecular complexity index is 1130. The number of carbonyl (C=O) groups is 1. The fourth-order valence-electron chi connectivity index (χ4n) is 4.13. The van der Waals surface area contributed by atoms with Crippen molar-refractivity contribution in [1.82, 2.24) is 25.1 Å². The normalized spacial score (nSPS) is 21.0. The standard InChI is InChI=1S/C24H25ClN6O/c25-20-5-4-18-13-22(20)29-24-26-7-6-21(28-24)19-3-1-2-17(12-19)14-27-23(32)16-31-10-8-30(15-18)9-11-31/h1-7,12-13H,8-11,14-16H2,(H,27,32)(H,26,28,29). The molecule has 8 bridgehead atoms. The van der Waals surface area contributed by atoms with Gasteiger partial charge in [0, 0.05) is 51.0 Å². The van der Waals surface area contributed by atoms with E-state index >= 15 is 0 Å². The number of piperazine rings is 1. The third-order valence-corrected chi connectivity index (χ3v) is 6.21. The van der Waals surface area contributed by atoms with E-state index in [1.54, 1.807) is 6.20 Å². The second kappa shape index (κ2) is 9.24. The van der Waals surface area contributed by atoms with Gasteiger partial charge in [0.05, 0.1) is 22.9 Å². The molecule has 1 aromatic heterocycles. The number of anilines is 2. The van der Waals surface area contributed by atoms with Crippen molar-refractivity contribution in [3.8, 4) is 11.3 Å². The smallest absolute Gasteiger partial charge is 0.234 e. The Labute approximate surface area is 192 Å². The van der Waals surface area contributed by atoms with Gasteiger partial charge >= 0.3 is 0 Å². The van der Waals surface area contributed by atoms with Gasteiger partial charge in [0.1, 0.15) is 0 Å². The first-order chi connectivity index (χ1) is 15.6. The topological polar surface area (TPSA) is 73.4 Å². The highest BCUT2D eigenvalue weighted by molar-refractivity contribution is 6.33. The molecule has 0 spiro atoms. The lowest BCUT2D eigenvalue weighted by molar-refractivity contribution is -0.122. The molecule has 0 atom stereocenters. The molecule has 3 aromatic rings. The number of aromatic nitrogens is 2.